The third kappa shape index (κ3) is 2.82. The van der Waals surface area contributed by atoms with Gasteiger partial charge < -0.3 is 9.88 Å². The monoisotopic (exact) mass is 318 g/mol. The first-order chi connectivity index (χ1) is 10.2. The van der Waals surface area contributed by atoms with Crippen molar-refractivity contribution in [2.24, 2.45) is 0 Å². The predicted octanol–water partition coefficient (Wildman–Crippen LogP) is 4.31. The maximum Gasteiger partial charge on any atom is 0.268 e. The number of thiophene rings is 1. The summed E-state index contributed by atoms with van der Waals surface area (Å²) in [5.41, 5.74) is 2.87. The van der Waals surface area contributed by atoms with Gasteiger partial charge in [-0.3, -0.25) is 4.79 Å². The zero-order chi connectivity index (χ0) is 14.8. The number of halogens is 1. The molecule has 0 aliphatic rings. The fourth-order valence-corrected chi connectivity index (χ4v) is 3.33. The molecule has 2 aromatic heterocycles. The number of amides is 1. The molecule has 0 bridgehead atoms. The van der Waals surface area contributed by atoms with Crippen molar-refractivity contribution in [2.75, 3.05) is 0 Å². The summed E-state index contributed by atoms with van der Waals surface area (Å²) in [7, 11) is 0. The molecule has 0 atom stereocenters. The van der Waals surface area contributed by atoms with Crippen molar-refractivity contribution in [3.63, 3.8) is 0 Å². The lowest BCUT2D eigenvalue weighted by Crippen LogP contribution is -2.25. The van der Waals surface area contributed by atoms with Crippen LogP contribution in [0.5, 0.6) is 0 Å². The first-order valence-electron chi connectivity index (χ1n) is 6.78. The highest BCUT2D eigenvalue weighted by atomic mass is 35.5. The van der Waals surface area contributed by atoms with Crippen molar-refractivity contribution < 1.29 is 4.79 Å². The number of carbonyl (C=O) groups excluding carboxylic acids is 1. The first kappa shape index (κ1) is 14.2. The van der Waals surface area contributed by atoms with Crippen molar-refractivity contribution in [3.05, 3.63) is 58.1 Å². The minimum atomic E-state index is -0.0461. The highest BCUT2D eigenvalue weighted by Gasteiger charge is 2.15. The van der Waals surface area contributed by atoms with Gasteiger partial charge in [-0.15, -0.1) is 11.3 Å². The van der Waals surface area contributed by atoms with Gasteiger partial charge in [0.1, 0.15) is 5.69 Å². The molecule has 1 aromatic carbocycles. The van der Waals surface area contributed by atoms with E-state index in [0.717, 1.165) is 22.3 Å². The van der Waals surface area contributed by atoms with Crippen LogP contribution in [0.15, 0.2) is 41.8 Å². The highest BCUT2D eigenvalue weighted by molar-refractivity contribution is 7.17. The van der Waals surface area contributed by atoms with Gasteiger partial charge in [0.2, 0.25) is 0 Å². The zero-order valence-corrected chi connectivity index (χ0v) is 13.2. The van der Waals surface area contributed by atoms with Crippen LogP contribution in [0.25, 0.3) is 10.2 Å². The molecular formula is C16H15ClN2OS. The molecule has 0 unspecified atom stereocenters. The average molecular weight is 319 g/mol. The number of hydrogen-bond donors (Lipinski definition) is 1. The topological polar surface area (TPSA) is 34.0 Å². The molecule has 1 N–H and O–H groups in total. The Hall–Kier alpha value is -1.78. The second kappa shape index (κ2) is 5.92. The van der Waals surface area contributed by atoms with E-state index in [2.05, 4.69) is 11.4 Å². The molecule has 1 amide bonds. The van der Waals surface area contributed by atoms with Crippen LogP contribution in [0.4, 0.5) is 0 Å². The van der Waals surface area contributed by atoms with E-state index >= 15 is 0 Å². The molecule has 0 radical (unpaired) electrons. The first-order valence-corrected chi connectivity index (χ1v) is 8.04. The van der Waals surface area contributed by atoms with Crippen LogP contribution in [-0.4, -0.2) is 10.5 Å². The van der Waals surface area contributed by atoms with E-state index < -0.39 is 0 Å². The third-order valence-electron chi connectivity index (χ3n) is 3.44. The van der Waals surface area contributed by atoms with Crippen LogP contribution in [-0.2, 0) is 13.1 Å². The lowest BCUT2D eigenvalue weighted by atomic mass is 10.2. The number of carbonyl (C=O) groups is 1. The molecule has 0 saturated carbocycles. The Balaban J connectivity index is 1.77. The Morgan fingerprint density at radius 3 is 2.76 bits per heavy atom. The third-order valence-corrected chi connectivity index (χ3v) is 4.54. The second-order valence-corrected chi connectivity index (χ2v) is 6.14. The summed E-state index contributed by atoms with van der Waals surface area (Å²) in [5.74, 6) is -0.0461. The van der Waals surface area contributed by atoms with Crippen LogP contribution in [0.2, 0.25) is 5.02 Å². The number of aromatic nitrogens is 1. The van der Waals surface area contributed by atoms with Crippen LogP contribution >= 0.6 is 22.9 Å². The fourth-order valence-electron chi connectivity index (χ4n) is 2.38. The van der Waals surface area contributed by atoms with Gasteiger partial charge in [-0.25, -0.2) is 0 Å². The summed E-state index contributed by atoms with van der Waals surface area (Å²) in [4.78, 5) is 12.4. The normalized spacial score (nSPS) is 11.0. The van der Waals surface area contributed by atoms with Crippen LogP contribution in [0.3, 0.4) is 0 Å². The number of hydrogen-bond acceptors (Lipinski definition) is 2. The molecule has 0 saturated heterocycles. The number of aryl methyl sites for hydroxylation is 1. The smallest absolute Gasteiger partial charge is 0.268 e. The Morgan fingerprint density at radius 2 is 2.05 bits per heavy atom. The van der Waals surface area contributed by atoms with Gasteiger partial charge in [-0.2, -0.15) is 0 Å². The Kier molecular flexibility index (Phi) is 3.99. The van der Waals surface area contributed by atoms with Crippen molar-refractivity contribution >= 4 is 39.1 Å². The van der Waals surface area contributed by atoms with E-state index in [1.54, 1.807) is 11.3 Å². The molecule has 21 heavy (non-hydrogen) atoms. The predicted molar refractivity (Wildman–Crippen MR) is 88.1 cm³/mol. The molecule has 3 aromatic rings. The number of nitrogens with zero attached hydrogens (tertiary/aromatic N) is 1. The maximum atomic E-state index is 12.4. The maximum absolute atomic E-state index is 12.4. The average Bonchev–Trinajstić information content (AvgIpc) is 3.06. The van der Waals surface area contributed by atoms with Gasteiger partial charge in [0.15, 0.2) is 0 Å². The quantitative estimate of drug-likeness (QED) is 0.764. The van der Waals surface area contributed by atoms with E-state index in [9.17, 15) is 4.79 Å². The summed E-state index contributed by atoms with van der Waals surface area (Å²) in [6.45, 7) is 3.33. The Morgan fingerprint density at radius 1 is 1.29 bits per heavy atom. The standard InChI is InChI=1S/C16H15ClN2OS/c1-2-19-13-7-8-21-15(13)9-14(19)16(20)18-10-11-3-5-12(17)6-4-11/h3-9H,2,10H2,1H3,(H,18,20). The number of fused-ring (bicyclic) bond motifs is 1. The van der Waals surface area contributed by atoms with Gasteiger partial charge in [0.05, 0.1) is 10.2 Å². The van der Waals surface area contributed by atoms with E-state index in [0.29, 0.717) is 17.3 Å². The molecule has 0 spiro atoms. The largest absolute Gasteiger partial charge is 0.347 e. The van der Waals surface area contributed by atoms with Crippen LogP contribution in [0, 0.1) is 0 Å². The minimum Gasteiger partial charge on any atom is -0.347 e. The molecule has 5 heteroatoms. The van der Waals surface area contributed by atoms with Gasteiger partial charge in [0.25, 0.3) is 5.91 Å². The molecule has 3 nitrogen and oxygen atoms in total. The van der Waals surface area contributed by atoms with Gasteiger partial charge in [0, 0.05) is 18.1 Å². The van der Waals surface area contributed by atoms with E-state index in [1.165, 1.54) is 0 Å². The minimum absolute atomic E-state index is 0.0461. The van der Waals surface area contributed by atoms with E-state index in [4.69, 9.17) is 11.6 Å². The molecule has 108 valence electrons. The SMILES string of the molecule is CCn1c(C(=O)NCc2ccc(Cl)cc2)cc2sccc21. The summed E-state index contributed by atoms with van der Waals surface area (Å²) in [6.07, 6.45) is 0. The highest BCUT2D eigenvalue weighted by Crippen LogP contribution is 2.25. The number of benzene rings is 1. The summed E-state index contributed by atoms with van der Waals surface area (Å²) in [5, 5.41) is 5.71. The summed E-state index contributed by atoms with van der Waals surface area (Å²) in [6, 6.07) is 11.5. The Labute approximate surface area is 132 Å². The second-order valence-electron chi connectivity index (χ2n) is 4.75. The van der Waals surface area contributed by atoms with Crippen molar-refractivity contribution in [1.29, 1.82) is 0 Å². The zero-order valence-electron chi connectivity index (χ0n) is 11.6. The van der Waals surface area contributed by atoms with Crippen molar-refractivity contribution in [1.82, 2.24) is 9.88 Å². The van der Waals surface area contributed by atoms with Crippen molar-refractivity contribution in [2.45, 2.75) is 20.0 Å². The number of nitrogens with one attached hydrogen (secondary N) is 1. The summed E-state index contributed by atoms with van der Waals surface area (Å²) >= 11 is 7.51. The molecule has 0 aliphatic heterocycles. The van der Waals surface area contributed by atoms with Gasteiger partial charge >= 0.3 is 0 Å². The van der Waals surface area contributed by atoms with E-state index in [-0.39, 0.29) is 5.91 Å². The molecule has 0 aliphatic carbocycles. The molecule has 3 rings (SSSR count). The van der Waals surface area contributed by atoms with Crippen LogP contribution in [0.1, 0.15) is 23.0 Å². The van der Waals surface area contributed by atoms with E-state index in [1.807, 2.05) is 47.2 Å². The van der Waals surface area contributed by atoms with Crippen molar-refractivity contribution in [3.8, 4) is 0 Å². The number of rotatable bonds is 4. The fraction of sp³-hybridized carbons (Fsp3) is 0.188. The lowest BCUT2D eigenvalue weighted by Gasteiger charge is -2.08. The molecule has 2 heterocycles. The summed E-state index contributed by atoms with van der Waals surface area (Å²) < 4.78 is 3.19. The van der Waals surface area contributed by atoms with Gasteiger partial charge in [-0.1, -0.05) is 23.7 Å². The van der Waals surface area contributed by atoms with Crippen LogP contribution < -0.4 is 5.32 Å². The Bertz CT molecular complexity index is 773. The van der Waals surface area contributed by atoms with Gasteiger partial charge in [-0.05, 0) is 42.1 Å². The molecular weight excluding hydrogens is 304 g/mol. The molecule has 0 fully saturated rings. The lowest BCUT2D eigenvalue weighted by molar-refractivity contribution is 0.0942.